The number of nitriles is 2. The zero-order chi connectivity index (χ0) is 14.4. The zero-order valence-electron chi connectivity index (χ0n) is 10.4. The Hall–Kier alpha value is -3.06. The van der Waals surface area contributed by atoms with Gasteiger partial charge in [-0.1, -0.05) is 0 Å². The summed E-state index contributed by atoms with van der Waals surface area (Å²) in [6.45, 7) is 0. The normalized spacial score (nSPS) is 8.84. The number of carbonyl (C=O) groups is 1. The standard InChI is InChI=1S/C12H11N5O2/c1-17(2)12(19)10-5-8(3-4-11(10)18)15-16-9(6-13)7-14/h3-5,15,18H,1-2H3. The van der Waals surface area contributed by atoms with Crippen LogP contribution in [-0.2, 0) is 0 Å². The summed E-state index contributed by atoms with van der Waals surface area (Å²) in [7, 11) is 3.12. The number of phenols is 1. The summed E-state index contributed by atoms with van der Waals surface area (Å²) in [6, 6.07) is 7.36. The number of rotatable bonds is 3. The molecule has 1 aromatic rings. The van der Waals surface area contributed by atoms with Crippen molar-refractivity contribution < 1.29 is 9.90 Å². The van der Waals surface area contributed by atoms with Gasteiger partial charge in [0.05, 0.1) is 11.3 Å². The van der Waals surface area contributed by atoms with Crippen LogP contribution in [0.5, 0.6) is 5.75 Å². The number of nitrogens with zero attached hydrogens (tertiary/aromatic N) is 4. The Bertz CT molecular complexity index is 592. The number of hydrazone groups is 1. The van der Waals surface area contributed by atoms with Gasteiger partial charge >= 0.3 is 0 Å². The van der Waals surface area contributed by atoms with Crippen LogP contribution in [0.4, 0.5) is 5.69 Å². The molecule has 1 rings (SSSR count). The molecule has 0 atom stereocenters. The van der Waals surface area contributed by atoms with Crippen LogP contribution in [0.25, 0.3) is 0 Å². The summed E-state index contributed by atoms with van der Waals surface area (Å²) in [6.07, 6.45) is 0. The number of hydrogen-bond acceptors (Lipinski definition) is 6. The van der Waals surface area contributed by atoms with Crippen molar-refractivity contribution in [2.24, 2.45) is 5.10 Å². The molecule has 19 heavy (non-hydrogen) atoms. The Balaban J connectivity index is 3.05. The molecule has 0 aliphatic rings. The maximum atomic E-state index is 11.8. The van der Waals surface area contributed by atoms with Gasteiger partial charge in [-0.3, -0.25) is 10.2 Å². The van der Waals surface area contributed by atoms with E-state index in [4.69, 9.17) is 10.5 Å². The molecule has 0 radical (unpaired) electrons. The molecule has 7 heteroatoms. The Morgan fingerprint density at radius 2 is 2.00 bits per heavy atom. The maximum Gasteiger partial charge on any atom is 0.257 e. The van der Waals surface area contributed by atoms with E-state index in [-0.39, 0.29) is 22.9 Å². The molecule has 0 aliphatic carbocycles. The van der Waals surface area contributed by atoms with Gasteiger partial charge in [0.15, 0.2) is 0 Å². The Kier molecular flexibility index (Phi) is 4.44. The van der Waals surface area contributed by atoms with Crippen LogP contribution >= 0.6 is 0 Å². The molecule has 0 saturated carbocycles. The molecular formula is C12H11N5O2. The number of amides is 1. The van der Waals surface area contributed by atoms with Crippen molar-refractivity contribution >= 4 is 17.3 Å². The fourth-order valence-corrected chi connectivity index (χ4v) is 1.21. The summed E-state index contributed by atoms with van der Waals surface area (Å²) in [4.78, 5) is 13.1. The Morgan fingerprint density at radius 3 is 2.53 bits per heavy atom. The smallest absolute Gasteiger partial charge is 0.257 e. The highest BCUT2D eigenvalue weighted by atomic mass is 16.3. The summed E-state index contributed by atoms with van der Waals surface area (Å²) in [5.74, 6) is -0.528. The summed E-state index contributed by atoms with van der Waals surface area (Å²) < 4.78 is 0. The number of aromatic hydroxyl groups is 1. The molecule has 0 aromatic heterocycles. The minimum Gasteiger partial charge on any atom is -0.507 e. The minimum absolute atomic E-state index is 0.0978. The third kappa shape index (κ3) is 3.45. The minimum atomic E-state index is -0.370. The van der Waals surface area contributed by atoms with Crippen molar-refractivity contribution in [3.63, 3.8) is 0 Å². The fraction of sp³-hybridized carbons (Fsp3) is 0.167. The van der Waals surface area contributed by atoms with Crippen LogP contribution in [0.2, 0.25) is 0 Å². The second kappa shape index (κ2) is 6.03. The van der Waals surface area contributed by atoms with Crippen LogP contribution in [0, 0.1) is 22.7 Å². The molecule has 0 spiro atoms. The van der Waals surface area contributed by atoms with Gasteiger partial charge in [0.25, 0.3) is 5.91 Å². The van der Waals surface area contributed by atoms with Gasteiger partial charge in [0.1, 0.15) is 17.9 Å². The third-order valence-electron chi connectivity index (χ3n) is 2.14. The van der Waals surface area contributed by atoms with Crippen molar-refractivity contribution in [1.29, 1.82) is 10.5 Å². The van der Waals surface area contributed by atoms with Gasteiger partial charge in [-0.15, -0.1) is 0 Å². The quantitative estimate of drug-likeness (QED) is 0.474. The molecule has 1 aromatic carbocycles. The number of benzene rings is 1. The molecule has 1 amide bonds. The van der Waals surface area contributed by atoms with Gasteiger partial charge in [0, 0.05) is 14.1 Å². The largest absolute Gasteiger partial charge is 0.507 e. The average molecular weight is 257 g/mol. The summed E-state index contributed by atoms with van der Waals surface area (Å²) in [5, 5.41) is 30.2. The van der Waals surface area contributed by atoms with Crippen LogP contribution in [0.1, 0.15) is 10.4 Å². The first-order chi connectivity index (χ1) is 8.99. The van der Waals surface area contributed by atoms with E-state index < -0.39 is 0 Å². The average Bonchev–Trinajstić information content (AvgIpc) is 2.40. The molecule has 7 nitrogen and oxygen atoms in total. The van der Waals surface area contributed by atoms with Crippen LogP contribution in [0.15, 0.2) is 23.3 Å². The topological polar surface area (TPSA) is 113 Å². The highest BCUT2D eigenvalue weighted by Crippen LogP contribution is 2.22. The molecule has 96 valence electrons. The first kappa shape index (κ1) is 14.0. The summed E-state index contributed by atoms with van der Waals surface area (Å²) >= 11 is 0. The predicted molar refractivity (Wildman–Crippen MR) is 68.4 cm³/mol. The van der Waals surface area contributed by atoms with Gasteiger partial charge in [-0.05, 0) is 18.2 Å². The van der Waals surface area contributed by atoms with Crippen LogP contribution in [-0.4, -0.2) is 35.7 Å². The third-order valence-corrected chi connectivity index (χ3v) is 2.14. The zero-order valence-corrected chi connectivity index (χ0v) is 10.4. The lowest BCUT2D eigenvalue weighted by molar-refractivity contribution is 0.0824. The van der Waals surface area contributed by atoms with E-state index in [9.17, 15) is 9.90 Å². The van der Waals surface area contributed by atoms with Gasteiger partial charge < -0.3 is 10.0 Å². The molecule has 2 N–H and O–H groups in total. The molecule has 0 fully saturated rings. The fourth-order valence-electron chi connectivity index (χ4n) is 1.21. The van der Waals surface area contributed by atoms with Gasteiger partial charge in [0.2, 0.25) is 5.71 Å². The molecule has 0 bridgehead atoms. The lowest BCUT2D eigenvalue weighted by atomic mass is 10.1. The van der Waals surface area contributed by atoms with Crippen molar-refractivity contribution in [3.05, 3.63) is 23.8 Å². The molecule has 0 unspecified atom stereocenters. The van der Waals surface area contributed by atoms with Crippen molar-refractivity contribution in [2.75, 3.05) is 19.5 Å². The first-order valence-corrected chi connectivity index (χ1v) is 5.18. The van der Waals surface area contributed by atoms with Gasteiger partial charge in [-0.25, -0.2) is 0 Å². The SMILES string of the molecule is CN(C)C(=O)c1cc(NN=C(C#N)C#N)ccc1O. The van der Waals surface area contributed by atoms with E-state index >= 15 is 0 Å². The van der Waals surface area contributed by atoms with E-state index in [0.717, 1.165) is 0 Å². The number of anilines is 1. The van der Waals surface area contributed by atoms with Crippen LogP contribution in [0.3, 0.4) is 0 Å². The van der Waals surface area contributed by atoms with E-state index in [1.165, 1.54) is 23.1 Å². The maximum absolute atomic E-state index is 11.8. The number of nitrogens with one attached hydrogen (secondary N) is 1. The monoisotopic (exact) mass is 257 g/mol. The highest BCUT2D eigenvalue weighted by Gasteiger charge is 2.13. The summed E-state index contributed by atoms with van der Waals surface area (Å²) in [5.41, 5.74) is 2.61. The number of hydrogen-bond donors (Lipinski definition) is 2. The first-order valence-electron chi connectivity index (χ1n) is 5.18. The number of carbonyl (C=O) groups excluding carboxylic acids is 1. The second-order valence-corrected chi connectivity index (χ2v) is 3.73. The molecule has 0 heterocycles. The van der Waals surface area contributed by atoms with E-state index in [1.807, 2.05) is 0 Å². The number of phenolic OH excluding ortho intramolecular Hbond substituents is 1. The highest BCUT2D eigenvalue weighted by molar-refractivity contribution is 6.10. The molecular weight excluding hydrogens is 246 g/mol. The van der Waals surface area contributed by atoms with E-state index in [1.54, 1.807) is 26.2 Å². The lowest BCUT2D eigenvalue weighted by Gasteiger charge is -2.12. The van der Waals surface area contributed by atoms with Crippen molar-refractivity contribution in [1.82, 2.24) is 4.90 Å². The lowest BCUT2D eigenvalue weighted by Crippen LogP contribution is -2.21. The van der Waals surface area contributed by atoms with Crippen LogP contribution < -0.4 is 5.43 Å². The van der Waals surface area contributed by atoms with Crippen molar-refractivity contribution in [3.8, 4) is 17.9 Å². The van der Waals surface area contributed by atoms with Crippen molar-refractivity contribution in [2.45, 2.75) is 0 Å². The predicted octanol–water partition coefficient (Wildman–Crippen LogP) is 0.909. The second-order valence-electron chi connectivity index (χ2n) is 3.73. The van der Waals surface area contributed by atoms with Gasteiger partial charge in [-0.2, -0.15) is 15.6 Å². The van der Waals surface area contributed by atoms with E-state index in [2.05, 4.69) is 10.5 Å². The molecule has 0 saturated heterocycles. The Labute approximate surface area is 110 Å². The van der Waals surface area contributed by atoms with E-state index in [0.29, 0.717) is 5.69 Å². The Morgan fingerprint density at radius 1 is 1.37 bits per heavy atom. The molecule has 0 aliphatic heterocycles.